The number of carbonyl (C=O) groups excluding carboxylic acids is 1. The van der Waals surface area contributed by atoms with Gasteiger partial charge < -0.3 is 15.8 Å². The lowest BCUT2D eigenvalue weighted by Gasteiger charge is -2.61. The number of rotatable bonds is 4. The van der Waals surface area contributed by atoms with Gasteiger partial charge in [0.25, 0.3) is 0 Å². The van der Waals surface area contributed by atoms with Crippen LogP contribution >= 0.6 is 0 Å². The quantitative estimate of drug-likeness (QED) is 0.713. The van der Waals surface area contributed by atoms with Crippen LogP contribution in [-0.2, 0) is 32.4 Å². The summed E-state index contributed by atoms with van der Waals surface area (Å²) in [7, 11) is 0. The summed E-state index contributed by atoms with van der Waals surface area (Å²) < 4.78 is 6.75. The zero-order valence-electron chi connectivity index (χ0n) is 18.2. The first-order valence-corrected chi connectivity index (χ1v) is 12.2. The van der Waals surface area contributed by atoms with Gasteiger partial charge >= 0.3 is 0 Å². The number of ether oxygens (including phenoxy) is 1. The van der Waals surface area contributed by atoms with Crippen molar-refractivity contribution < 1.29 is 19.3 Å². The topological polar surface area (TPSA) is 82.8 Å². The zero-order chi connectivity index (χ0) is 21.1. The predicted octanol–water partition coefficient (Wildman–Crippen LogP) is 3.92. The molecule has 6 nitrogen and oxygen atoms in total. The van der Waals surface area contributed by atoms with Crippen molar-refractivity contribution in [1.29, 1.82) is 0 Å². The van der Waals surface area contributed by atoms with E-state index in [9.17, 15) is 4.79 Å². The van der Waals surface area contributed by atoms with Gasteiger partial charge in [-0.1, -0.05) is 30.7 Å². The minimum Gasteiger partial charge on any atom is -0.352 e. The van der Waals surface area contributed by atoms with Gasteiger partial charge in [0, 0.05) is 37.8 Å². The monoisotopic (exact) mass is 426 g/mol. The van der Waals surface area contributed by atoms with Gasteiger partial charge in [0.15, 0.2) is 0 Å². The van der Waals surface area contributed by atoms with E-state index in [1.54, 1.807) is 0 Å². The molecule has 2 spiro atoms. The summed E-state index contributed by atoms with van der Waals surface area (Å²) in [5.74, 6) is 0.0957. The second kappa shape index (κ2) is 7.27. The molecule has 3 unspecified atom stereocenters. The van der Waals surface area contributed by atoms with Crippen LogP contribution in [0.5, 0.6) is 0 Å². The Bertz CT molecular complexity index is 849. The molecule has 3 N–H and O–H groups in total. The van der Waals surface area contributed by atoms with Crippen LogP contribution in [0.25, 0.3) is 0 Å². The van der Waals surface area contributed by atoms with Crippen molar-refractivity contribution in [1.82, 2.24) is 5.32 Å². The molecule has 1 heterocycles. The van der Waals surface area contributed by atoms with Crippen LogP contribution in [0, 0.1) is 23.2 Å². The van der Waals surface area contributed by atoms with E-state index in [2.05, 4.69) is 17.4 Å². The van der Waals surface area contributed by atoms with Gasteiger partial charge in [0.1, 0.15) is 0 Å². The summed E-state index contributed by atoms with van der Waals surface area (Å²) in [5, 5.41) is 3.25. The number of amides is 1. The Labute approximate surface area is 184 Å². The third-order valence-corrected chi connectivity index (χ3v) is 8.77. The average Bonchev–Trinajstić information content (AvgIpc) is 3.15. The molecular weight excluding hydrogens is 392 g/mol. The van der Waals surface area contributed by atoms with Crippen molar-refractivity contribution in [3.8, 4) is 0 Å². The van der Waals surface area contributed by atoms with Crippen LogP contribution < -0.4 is 11.1 Å². The average molecular weight is 427 g/mol. The Kier molecular flexibility index (Phi) is 4.73. The maximum atomic E-state index is 13.5. The number of nitrogens with two attached hydrogens (primary N) is 1. The molecule has 168 valence electrons. The van der Waals surface area contributed by atoms with Gasteiger partial charge in [-0.25, -0.2) is 0 Å². The van der Waals surface area contributed by atoms with Crippen LogP contribution in [0.3, 0.4) is 0 Å². The fourth-order valence-corrected chi connectivity index (χ4v) is 7.49. The molecule has 6 aliphatic rings. The first-order chi connectivity index (χ1) is 15.0. The maximum Gasteiger partial charge on any atom is 0.226 e. The van der Waals surface area contributed by atoms with Crippen LogP contribution in [0.1, 0.15) is 75.3 Å². The third kappa shape index (κ3) is 3.17. The fourth-order valence-electron chi connectivity index (χ4n) is 7.49. The summed E-state index contributed by atoms with van der Waals surface area (Å²) in [6.45, 7) is 1.07. The van der Waals surface area contributed by atoms with E-state index in [-0.39, 0.29) is 23.2 Å². The van der Waals surface area contributed by atoms with E-state index in [1.165, 1.54) is 6.42 Å². The van der Waals surface area contributed by atoms with Crippen molar-refractivity contribution in [3.05, 3.63) is 35.4 Å². The molecule has 6 heteroatoms. The van der Waals surface area contributed by atoms with Crippen LogP contribution in [-0.4, -0.2) is 17.5 Å². The molecule has 5 aliphatic carbocycles. The van der Waals surface area contributed by atoms with E-state index in [0.717, 1.165) is 68.9 Å². The highest BCUT2D eigenvalue weighted by atomic mass is 17.3. The highest BCUT2D eigenvalue weighted by Gasteiger charge is 2.70. The molecule has 1 saturated heterocycles. The van der Waals surface area contributed by atoms with Crippen molar-refractivity contribution in [2.75, 3.05) is 0 Å². The lowest BCUT2D eigenvalue weighted by Crippen LogP contribution is -2.65. The normalized spacial score (nSPS) is 40.0. The molecule has 1 aromatic rings. The standard InChI is InChI=1S/C25H34N2O4/c26-15-17-5-4-6-18(9-17)16-27-22(28)23-12-19-10-20(13-23)25(21(11-19)14-23)29-24(30-31-25)7-2-1-3-8-24/h4-6,9,19-21H,1-3,7-8,10-16,26H2,(H,27,28)/t19?,20-,21+,23?,25?. The Morgan fingerprint density at radius 1 is 1.03 bits per heavy atom. The molecule has 0 aromatic heterocycles. The third-order valence-electron chi connectivity index (χ3n) is 8.77. The van der Waals surface area contributed by atoms with Crippen molar-refractivity contribution in [2.45, 2.75) is 88.9 Å². The predicted molar refractivity (Wildman–Crippen MR) is 114 cm³/mol. The Hall–Kier alpha value is -1.47. The Morgan fingerprint density at radius 2 is 1.77 bits per heavy atom. The molecule has 4 bridgehead atoms. The summed E-state index contributed by atoms with van der Waals surface area (Å²) in [5.41, 5.74) is 7.67. The van der Waals surface area contributed by atoms with Crippen molar-refractivity contribution in [3.63, 3.8) is 0 Å². The van der Waals surface area contributed by atoms with E-state index in [4.69, 9.17) is 20.2 Å². The summed E-state index contributed by atoms with van der Waals surface area (Å²) >= 11 is 0. The molecule has 1 aromatic carbocycles. The summed E-state index contributed by atoms with van der Waals surface area (Å²) in [4.78, 5) is 25.5. The largest absolute Gasteiger partial charge is 0.352 e. The van der Waals surface area contributed by atoms with Gasteiger partial charge in [-0.05, 0) is 62.0 Å². The SMILES string of the molecule is NCc1cccc(CNC(=O)C23CC4C[C@H](C2)C2(OOC5(CCCCC5)O2)[C@@H](C4)C3)c1. The molecule has 7 rings (SSSR count). The number of nitrogens with one attached hydrogen (secondary N) is 1. The van der Waals surface area contributed by atoms with Gasteiger partial charge in [0.05, 0.1) is 5.41 Å². The van der Waals surface area contributed by atoms with Crippen molar-refractivity contribution >= 4 is 5.91 Å². The van der Waals surface area contributed by atoms with E-state index in [0.29, 0.717) is 19.0 Å². The van der Waals surface area contributed by atoms with Crippen LogP contribution in [0.4, 0.5) is 0 Å². The van der Waals surface area contributed by atoms with E-state index in [1.807, 2.05) is 12.1 Å². The Balaban J connectivity index is 1.18. The summed E-state index contributed by atoms with van der Waals surface area (Å²) in [6.07, 6.45) is 10.2. The molecular formula is C25H34N2O4. The molecule has 1 amide bonds. The second-order valence-corrected chi connectivity index (χ2v) is 10.8. The second-order valence-electron chi connectivity index (χ2n) is 10.8. The molecule has 5 saturated carbocycles. The Morgan fingerprint density at radius 3 is 2.52 bits per heavy atom. The molecule has 1 aliphatic heterocycles. The number of hydrogen-bond acceptors (Lipinski definition) is 5. The van der Waals surface area contributed by atoms with E-state index >= 15 is 0 Å². The smallest absolute Gasteiger partial charge is 0.226 e. The molecule has 5 atom stereocenters. The number of benzene rings is 1. The van der Waals surface area contributed by atoms with Crippen molar-refractivity contribution in [2.24, 2.45) is 28.9 Å². The minimum atomic E-state index is -0.631. The lowest BCUT2D eigenvalue weighted by atomic mass is 9.47. The van der Waals surface area contributed by atoms with Gasteiger partial charge in [-0.3, -0.25) is 4.79 Å². The van der Waals surface area contributed by atoms with Gasteiger partial charge in [-0.15, -0.1) is 0 Å². The van der Waals surface area contributed by atoms with Crippen LogP contribution in [0.2, 0.25) is 0 Å². The van der Waals surface area contributed by atoms with Crippen LogP contribution in [0.15, 0.2) is 24.3 Å². The fraction of sp³-hybridized carbons (Fsp3) is 0.720. The molecule has 6 fully saturated rings. The molecule has 31 heavy (non-hydrogen) atoms. The number of hydrogen-bond donors (Lipinski definition) is 2. The van der Waals surface area contributed by atoms with Gasteiger partial charge in [0.2, 0.25) is 17.5 Å². The van der Waals surface area contributed by atoms with E-state index < -0.39 is 11.6 Å². The number of carbonyl (C=O) groups is 1. The van der Waals surface area contributed by atoms with Gasteiger partial charge in [-0.2, -0.15) is 9.78 Å². The zero-order valence-corrected chi connectivity index (χ0v) is 18.2. The lowest BCUT2D eigenvalue weighted by molar-refractivity contribution is -0.393. The highest BCUT2D eigenvalue weighted by Crippen LogP contribution is 2.67. The summed E-state index contributed by atoms with van der Waals surface area (Å²) in [6, 6.07) is 8.16. The first kappa shape index (κ1) is 20.2. The first-order valence-electron chi connectivity index (χ1n) is 12.2. The highest BCUT2D eigenvalue weighted by molar-refractivity contribution is 5.83. The maximum absolute atomic E-state index is 13.5. The molecule has 0 radical (unpaired) electrons. The minimum absolute atomic E-state index is 0.200.